The maximum atomic E-state index is 11.9. The average molecular weight is 322 g/mol. The van der Waals surface area contributed by atoms with Crippen LogP contribution < -0.4 is 10.6 Å². The summed E-state index contributed by atoms with van der Waals surface area (Å²) in [7, 11) is 0. The molecule has 0 unspecified atom stereocenters. The van der Waals surface area contributed by atoms with Crippen molar-refractivity contribution >= 4 is 23.3 Å². The van der Waals surface area contributed by atoms with Gasteiger partial charge in [0.1, 0.15) is 17.6 Å². The van der Waals surface area contributed by atoms with Crippen LogP contribution in [0.5, 0.6) is 0 Å². The van der Waals surface area contributed by atoms with Crippen LogP contribution in [-0.4, -0.2) is 43.6 Å². The molecule has 1 amide bonds. The lowest BCUT2D eigenvalue weighted by Crippen LogP contribution is -2.28. The molecule has 8 heteroatoms. The summed E-state index contributed by atoms with van der Waals surface area (Å²) in [6.07, 6.45) is -1.59. The number of nitrogens with zero attached hydrogens (tertiary/aromatic N) is 1. The van der Waals surface area contributed by atoms with E-state index in [0.717, 1.165) is 13.0 Å². The van der Waals surface area contributed by atoms with E-state index in [2.05, 4.69) is 20.4 Å². The molecule has 0 spiro atoms. The normalized spacial score (nSPS) is 10.7. The molecule has 1 aromatic rings. The van der Waals surface area contributed by atoms with Crippen molar-refractivity contribution in [1.29, 1.82) is 0 Å². The van der Waals surface area contributed by atoms with Crippen molar-refractivity contribution in [2.24, 2.45) is 0 Å². The summed E-state index contributed by atoms with van der Waals surface area (Å²) in [6, 6.07) is 3.02. The number of halogens is 3. The van der Waals surface area contributed by atoms with Crippen LogP contribution in [0.15, 0.2) is 12.1 Å². The van der Waals surface area contributed by atoms with Crippen molar-refractivity contribution in [1.82, 2.24) is 10.3 Å². The summed E-state index contributed by atoms with van der Waals surface area (Å²) in [5, 5.41) is 5.80. The molecule has 2 N–H and O–H groups in total. The predicted molar refractivity (Wildman–Crippen MR) is 77.2 cm³/mol. The number of rotatable bonds is 9. The maximum Gasteiger partial charge on any atom is 0.261 e. The predicted octanol–water partition coefficient (Wildman–Crippen LogP) is 2.57. The van der Waals surface area contributed by atoms with Crippen molar-refractivity contribution in [2.45, 2.75) is 19.8 Å². The van der Waals surface area contributed by atoms with Gasteiger partial charge >= 0.3 is 0 Å². The largest absolute Gasteiger partial charge is 0.374 e. The van der Waals surface area contributed by atoms with Gasteiger partial charge in [0.05, 0.1) is 6.61 Å². The van der Waals surface area contributed by atoms with Crippen LogP contribution in [-0.2, 0) is 4.74 Å². The second kappa shape index (κ2) is 9.46. The van der Waals surface area contributed by atoms with Gasteiger partial charge in [-0.2, -0.15) is 0 Å². The Kier molecular flexibility index (Phi) is 7.92. The highest BCUT2D eigenvalue weighted by atomic mass is 35.5. The molecule has 1 rings (SSSR count). The molecule has 1 aromatic heterocycles. The maximum absolute atomic E-state index is 11.9. The van der Waals surface area contributed by atoms with E-state index in [4.69, 9.17) is 11.6 Å². The van der Waals surface area contributed by atoms with Gasteiger partial charge in [-0.15, -0.1) is 0 Å². The standard InChI is InChI=1S/C13H18ClF2N3O2/c1-2-3-17-12-7-9(6-10(14)19-12)13(20)18-4-5-21-8-11(15)16/h6-7,11H,2-5,8H2,1H3,(H,17,19)(H,18,20). The van der Waals surface area contributed by atoms with E-state index in [-0.39, 0.29) is 24.2 Å². The van der Waals surface area contributed by atoms with Gasteiger partial charge in [0, 0.05) is 18.7 Å². The molecular formula is C13H18ClF2N3O2. The summed E-state index contributed by atoms with van der Waals surface area (Å²) in [6.45, 7) is 2.25. The summed E-state index contributed by atoms with van der Waals surface area (Å²) >= 11 is 5.85. The third kappa shape index (κ3) is 7.19. The third-order valence-corrected chi connectivity index (χ3v) is 2.58. The number of amides is 1. The molecular weight excluding hydrogens is 304 g/mol. The van der Waals surface area contributed by atoms with E-state index in [1.165, 1.54) is 6.07 Å². The number of pyridine rings is 1. The molecule has 0 aliphatic rings. The van der Waals surface area contributed by atoms with E-state index in [0.29, 0.717) is 11.4 Å². The summed E-state index contributed by atoms with van der Waals surface area (Å²) in [4.78, 5) is 15.9. The summed E-state index contributed by atoms with van der Waals surface area (Å²) in [5.74, 6) is 0.156. The van der Waals surface area contributed by atoms with Crippen molar-refractivity contribution < 1.29 is 18.3 Å². The van der Waals surface area contributed by atoms with Crippen molar-refractivity contribution in [3.8, 4) is 0 Å². The monoisotopic (exact) mass is 321 g/mol. The third-order valence-electron chi connectivity index (χ3n) is 2.39. The number of aromatic nitrogens is 1. The molecule has 0 saturated carbocycles. The lowest BCUT2D eigenvalue weighted by atomic mass is 10.2. The molecule has 5 nitrogen and oxygen atoms in total. The van der Waals surface area contributed by atoms with E-state index in [1.807, 2.05) is 6.92 Å². The fourth-order valence-corrected chi connectivity index (χ4v) is 1.69. The fraction of sp³-hybridized carbons (Fsp3) is 0.538. The van der Waals surface area contributed by atoms with Gasteiger partial charge in [0.25, 0.3) is 12.3 Å². The lowest BCUT2D eigenvalue weighted by Gasteiger charge is -2.09. The van der Waals surface area contributed by atoms with Crippen molar-refractivity contribution in [3.05, 3.63) is 22.8 Å². The minimum absolute atomic E-state index is 0.0236. The second-order valence-electron chi connectivity index (χ2n) is 4.21. The fourth-order valence-electron chi connectivity index (χ4n) is 1.48. The van der Waals surface area contributed by atoms with Gasteiger partial charge in [-0.1, -0.05) is 18.5 Å². The Morgan fingerprint density at radius 1 is 1.43 bits per heavy atom. The molecule has 21 heavy (non-hydrogen) atoms. The minimum Gasteiger partial charge on any atom is -0.374 e. The SMILES string of the molecule is CCCNc1cc(C(=O)NCCOCC(F)F)cc(Cl)n1. The first-order chi connectivity index (χ1) is 10.0. The topological polar surface area (TPSA) is 63.2 Å². The van der Waals surface area contributed by atoms with Gasteiger partial charge in [-0.3, -0.25) is 4.79 Å². The molecule has 0 bridgehead atoms. The van der Waals surface area contributed by atoms with Gasteiger partial charge in [0.2, 0.25) is 0 Å². The van der Waals surface area contributed by atoms with Crippen LogP contribution in [0.1, 0.15) is 23.7 Å². The van der Waals surface area contributed by atoms with E-state index >= 15 is 0 Å². The molecule has 0 fully saturated rings. The number of alkyl halides is 2. The molecule has 118 valence electrons. The molecule has 0 atom stereocenters. The Balaban J connectivity index is 2.47. The zero-order valence-corrected chi connectivity index (χ0v) is 12.4. The van der Waals surface area contributed by atoms with Crippen LogP contribution in [0.3, 0.4) is 0 Å². The number of ether oxygens (including phenoxy) is 1. The van der Waals surface area contributed by atoms with Crippen LogP contribution >= 0.6 is 11.6 Å². The summed E-state index contributed by atoms with van der Waals surface area (Å²) in [5.41, 5.74) is 0.350. The van der Waals surface area contributed by atoms with Crippen LogP contribution in [0, 0.1) is 0 Å². The van der Waals surface area contributed by atoms with Crippen LogP contribution in [0.25, 0.3) is 0 Å². The first kappa shape index (κ1) is 17.6. The molecule has 0 saturated heterocycles. The number of anilines is 1. The van der Waals surface area contributed by atoms with E-state index < -0.39 is 13.0 Å². The molecule has 0 aliphatic carbocycles. The van der Waals surface area contributed by atoms with E-state index in [9.17, 15) is 13.6 Å². The van der Waals surface area contributed by atoms with Gasteiger partial charge in [0.15, 0.2) is 0 Å². The number of carbonyl (C=O) groups is 1. The number of hydrogen-bond donors (Lipinski definition) is 2. The van der Waals surface area contributed by atoms with E-state index in [1.54, 1.807) is 6.07 Å². The Morgan fingerprint density at radius 2 is 2.19 bits per heavy atom. The first-order valence-electron chi connectivity index (χ1n) is 6.58. The molecule has 0 aromatic carbocycles. The highest BCUT2D eigenvalue weighted by Gasteiger charge is 2.09. The van der Waals surface area contributed by atoms with Gasteiger partial charge < -0.3 is 15.4 Å². The zero-order valence-electron chi connectivity index (χ0n) is 11.7. The lowest BCUT2D eigenvalue weighted by molar-refractivity contribution is 0.0188. The number of nitrogens with one attached hydrogen (secondary N) is 2. The highest BCUT2D eigenvalue weighted by molar-refractivity contribution is 6.29. The average Bonchev–Trinajstić information content (AvgIpc) is 2.43. The quantitative estimate of drug-likeness (QED) is 0.542. The van der Waals surface area contributed by atoms with Crippen molar-refractivity contribution in [3.63, 3.8) is 0 Å². The van der Waals surface area contributed by atoms with Crippen molar-refractivity contribution in [2.75, 3.05) is 31.6 Å². The van der Waals surface area contributed by atoms with Crippen LogP contribution in [0.2, 0.25) is 5.15 Å². The smallest absolute Gasteiger partial charge is 0.261 e. The first-order valence-corrected chi connectivity index (χ1v) is 6.96. The Labute approximate surface area is 127 Å². The Hall–Kier alpha value is -1.47. The highest BCUT2D eigenvalue weighted by Crippen LogP contribution is 2.14. The van der Waals surface area contributed by atoms with Gasteiger partial charge in [-0.05, 0) is 18.6 Å². The second-order valence-corrected chi connectivity index (χ2v) is 4.60. The Bertz CT molecular complexity index is 461. The molecule has 0 radical (unpaired) electrons. The summed E-state index contributed by atoms with van der Waals surface area (Å²) < 4.78 is 28.3. The van der Waals surface area contributed by atoms with Crippen LogP contribution in [0.4, 0.5) is 14.6 Å². The molecule has 0 aliphatic heterocycles. The minimum atomic E-state index is -2.51. The number of carbonyl (C=O) groups excluding carboxylic acids is 1. The zero-order chi connectivity index (χ0) is 15.7. The molecule has 1 heterocycles. The Morgan fingerprint density at radius 3 is 2.86 bits per heavy atom. The van der Waals surface area contributed by atoms with Gasteiger partial charge in [-0.25, -0.2) is 13.8 Å². The number of hydrogen-bond acceptors (Lipinski definition) is 4.